The van der Waals surface area contributed by atoms with Crippen LogP contribution in [0.15, 0.2) is 71.6 Å². The predicted octanol–water partition coefficient (Wildman–Crippen LogP) is 3.55. The van der Waals surface area contributed by atoms with E-state index in [1.165, 1.54) is 0 Å². The van der Waals surface area contributed by atoms with Gasteiger partial charge in [-0.1, -0.05) is 23.4 Å². The number of hydrogen-bond acceptors (Lipinski definition) is 5. The summed E-state index contributed by atoms with van der Waals surface area (Å²) in [5, 5.41) is 10.9. The number of pyridine rings is 1. The van der Waals surface area contributed by atoms with Gasteiger partial charge >= 0.3 is 0 Å². The summed E-state index contributed by atoms with van der Waals surface area (Å²) in [4.78, 5) is 16.2. The number of nitrogens with one attached hydrogen (secondary N) is 1. The minimum atomic E-state index is -0.219. The van der Waals surface area contributed by atoms with E-state index in [1.807, 2.05) is 36.4 Å². The van der Waals surface area contributed by atoms with Gasteiger partial charge in [-0.05, 0) is 42.3 Å². The summed E-state index contributed by atoms with van der Waals surface area (Å²) in [6.45, 7) is 1.86. The van der Waals surface area contributed by atoms with Crippen LogP contribution in [-0.2, 0) is 11.3 Å². The van der Waals surface area contributed by atoms with Gasteiger partial charge in [0.2, 0.25) is 5.91 Å². The molecule has 134 valence electrons. The maximum atomic E-state index is 12.1. The average Bonchev–Trinajstić information content (AvgIpc) is 3.31. The van der Waals surface area contributed by atoms with E-state index in [-0.39, 0.29) is 12.5 Å². The number of aromatic nitrogens is 4. The van der Waals surface area contributed by atoms with Crippen molar-refractivity contribution in [3.05, 3.63) is 72.9 Å². The fourth-order valence-corrected chi connectivity index (χ4v) is 2.76. The number of rotatable bonds is 5. The van der Waals surface area contributed by atoms with Crippen LogP contribution in [0.1, 0.15) is 5.76 Å². The van der Waals surface area contributed by atoms with Crippen LogP contribution in [0.25, 0.3) is 22.4 Å². The molecule has 0 saturated heterocycles. The number of amides is 1. The lowest BCUT2D eigenvalue weighted by Gasteiger charge is -2.04. The van der Waals surface area contributed by atoms with Crippen LogP contribution >= 0.6 is 0 Å². The molecule has 1 amide bonds. The molecule has 0 fully saturated rings. The van der Waals surface area contributed by atoms with Gasteiger partial charge in [-0.25, -0.2) is 0 Å². The summed E-state index contributed by atoms with van der Waals surface area (Å²) in [7, 11) is 0. The van der Waals surface area contributed by atoms with E-state index >= 15 is 0 Å². The molecule has 1 N–H and O–H groups in total. The Morgan fingerprint density at radius 1 is 1.07 bits per heavy atom. The zero-order valence-corrected chi connectivity index (χ0v) is 14.7. The Balaban J connectivity index is 1.48. The van der Waals surface area contributed by atoms with E-state index in [2.05, 4.69) is 26.6 Å². The molecule has 0 atom stereocenters. The SMILES string of the molecule is Cc1cc(NC(=O)Cn2ccc(-c3cccc(-c4ccncc4)c3)n2)no1. The van der Waals surface area contributed by atoms with Crippen LogP contribution in [-0.4, -0.2) is 25.8 Å². The highest BCUT2D eigenvalue weighted by Crippen LogP contribution is 2.24. The minimum Gasteiger partial charge on any atom is -0.360 e. The Labute approximate surface area is 155 Å². The smallest absolute Gasteiger partial charge is 0.247 e. The molecule has 4 aromatic rings. The topological polar surface area (TPSA) is 85.8 Å². The number of aryl methyl sites for hydroxylation is 1. The molecule has 1 aromatic carbocycles. The summed E-state index contributed by atoms with van der Waals surface area (Å²) in [6.07, 6.45) is 5.32. The molecule has 0 unspecified atom stereocenters. The summed E-state index contributed by atoms with van der Waals surface area (Å²) < 4.78 is 6.53. The maximum absolute atomic E-state index is 12.1. The zero-order valence-electron chi connectivity index (χ0n) is 14.7. The van der Waals surface area contributed by atoms with E-state index in [0.29, 0.717) is 11.6 Å². The third kappa shape index (κ3) is 3.92. The normalized spacial score (nSPS) is 10.7. The number of nitrogens with zero attached hydrogens (tertiary/aromatic N) is 4. The van der Waals surface area contributed by atoms with Crippen molar-refractivity contribution in [1.29, 1.82) is 0 Å². The molecule has 4 rings (SSSR count). The first-order chi connectivity index (χ1) is 13.2. The largest absolute Gasteiger partial charge is 0.360 e. The van der Waals surface area contributed by atoms with Crippen molar-refractivity contribution in [2.24, 2.45) is 0 Å². The van der Waals surface area contributed by atoms with Crippen molar-refractivity contribution in [2.75, 3.05) is 5.32 Å². The lowest BCUT2D eigenvalue weighted by molar-refractivity contribution is -0.116. The molecule has 0 spiro atoms. The van der Waals surface area contributed by atoms with E-state index in [0.717, 1.165) is 22.4 Å². The Hall–Kier alpha value is -3.74. The van der Waals surface area contributed by atoms with E-state index in [9.17, 15) is 4.79 Å². The van der Waals surface area contributed by atoms with Gasteiger partial charge < -0.3 is 9.84 Å². The third-order valence-corrected chi connectivity index (χ3v) is 4.01. The summed E-state index contributed by atoms with van der Waals surface area (Å²) in [6, 6.07) is 15.6. The van der Waals surface area contributed by atoms with Gasteiger partial charge in [-0.15, -0.1) is 0 Å². The van der Waals surface area contributed by atoms with Crippen LogP contribution in [0.2, 0.25) is 0 Å². The van der Waals surface area contributed by atoms with E-state index in [1.54, 1.807) is 36.3 Å². The molecule has 0 aliphatic rings. The van der Waals surface area contributed by atoms with E-state index in [4.69, 9.17) is 4.52 Å². The van der Waals surface area contributed by atoms with Crippen molar-refractivity contribution in [2.45, 2.75) is 13.5 Å². The van der Waals surface area contributed by atoms with Crippen molar-refractivity contribution in [3.8, 4) is 22.4 Å². The van der Waals surface area contributed by atoms with Crippen LogP contribution in [0.5, 0.6) is 0 Å². The van der Waals surface area contributed by atoms with Crippen molar-refractivity contribution < 1.29 is 9.32 Å². The van der Waals surface area contributed by atoms with Crippen LogP contribution in [0.4, 0.5) is 5.82 Å². The summed E-state index contributed by atoms with van der Waals surface area (Å²) in [5.74, 6) is 0.819. The molecule has 3 aromatic heterocycles. The first-order valence-electron chi connectivity index (χ1n) is 8.45. The average molecular weight is 359 g/mol. The zero-order chi connectivity index (χ0) is 18.6. The lowest BCUT2D eigenvalue weighted by atomic mass is 10.0. The van der Waals surface area contributed by atoms with Crippen molar-refractivity contribution in [1.82, 2.24) is 19.9 Å². The minimum absolute atomic E-state index is 0.0932. The van der Waals surface area contributed by atoms with Gasteiger partial charge in [0.1, 0.15) is 12.3 Å². The molecule has 27 heavy (non-hydrogen) atoms. The Morgan fingerprint density at radius 2 is 1.89 bits per heavy atom. The van der Waals surface area contributed by atoms with Crippen LogP contribution in [0.3, 0.4) is 0 Å². The fraction of sp³-hybridized carbons (Fsp3) is 0.100. The fourth-order valence-electron chi connectivity index (χ4n) is 2.76. The number of benzene rings is 1. The molecule has 0 aliphatic heterocycles. The number of carbonyl (C=O) groups excluding carboxylic acids is 1. The Bertz CT molecular complexity index is 1070. The second kappa shape index (κ2) is 7.25. The second-order valence-electron chi connectivity index (χ2n) is 6.09. The molecular formula is C20H17N5O2. The Kier molecular flexibility index (Phi) is 4.49. The molecule has 3 heterocycles. The monoisotopic (exact) mass is 359 g/mol. The van der Waals surface area contributed by atoms with Crippen molar-refractivity contribution in [3.63, 3.8) is 0 Å². The first kappa shape index (κ1) is 16.7. The molecule has 0 radical (unpaired) electrons. The van der Waals surface area contributed by atoms with Gasteiger partial charge in [-0.3, -0.25) is 14.5 Å². The summed E-state index contributed by atoms with van der Waals surface area (Å²) >= 11 is 0. The quantitative estimate of drug-likeness (QED) is 0.589. The summed E-state index contributed by atoms with van der Waals surface area (Å²) in [5.41, 5.74) is 3.96. The second-order valence-corrected chi connectivity index (χ2v) is 6.09. The van der Waals surface area contributed by atoms with Gasteiger partial charge in [-0.2, -0.15) is 5.10 Å². The molecule has 0 aliphatic carbocycles. The highest BCUT2D eigenvalue weighted by Gasteiger charge is 2.09. The third-order valence-electron chi connectivity index (χ3n) is 4.01. The van der Waals surface area contributed by atoms with Gasteiger partial charge in [0.15, 0.2) is 5.82 Å². The van der Waals surface area contributed by atoms with Crippen LogP contribution in [0, 0.1) is 6.92 Å². The predicted molar refractivity (Wildman–Crippen MR) is 101 cm³/mol. The molecule has 7 heteroatoms. The standard InChI is InChI=1S/C20H17N5O2/c1-14-11-19(24-27-14)22-20(26)13-25-10-7-18(23-25)17-4-2-3-16(12-17)15-5-8-21-9-6-15/h2-12H,13H2,1H3,(H,22,24,26). The van der Waals surface area contributed by atoms with Gasteiger partial charge in [0.05, 0.1) is 5.69 Å². The van der Waals surface area contributed by atoms with E-state index < -0.39 is 0 Å². The molecule has 7 nitrogen and oxygen atoms in total. The highest BCUT2D eigenvalue weighted by molar-refractivity contribution is 5.89. The van der Waals surface area contributed by atoms with Crippen LogP contribution < -0.4 is 5.32 Å². The number of anilines is 1. The molecule has 0 bridgehead atoms. The number of carbonyl (C=O) groups is 1. The molecular weight excluding hydrogens is 342 g/mol. The van der Waals surface area contributed by atoms with Crippen molar-refractivity contribution >= 4 is 11.7 Å². The van der Waals surface area contributed by atoms with Gasteiger partial charge in [0.25, 0.3) is 0 Å². The first-order valence-corrected chi connectivity index (χ1v) is 8.45. The lowest BCUT2D eigenvalue weighted by Crippen LogP contribution is -2.19. The highest BCUT2D eigenvalue weighted by atomic mass is 16.5. The van der Waals surface area contributed by atoms with Gasteiger partial charge in [0, 0.05) is 30.2 Å². The number of hydrogen-bond donors (Lipinski definition) is 1. The molecule has 0 saturated carbocycles. The maximum Gasteiger partial charge on any atom is 0.247 e. The Morgan fingerprint density at radius 3 is 2.67 bits per heavy atom.